The molecule has 20 heavy (non-hydrogen) atoms. The van der Waals surface area contributed by atoms with Gasteiger partial charge in [-0.25, -0.2) is 0 Å². The molecule has 1 atom stereocenters. The van der Waals surface area contributed by atoms with E-state index in [4.69, 9.17) is 4.42 Å². The van der Waals surface area contributed by atoms with Crippen LogP contribution in [0.25, 0.3) is 0 Å². The van der Waals surface area contributed by atoms with Crippen molar-refractivity contribution in [2.75, 3.05) is 20.1 Å². The Balaban J connectivity index is 1.97. The smallest absolute Gasteiger partial charge is 0.230 e. The Hall–Kier alpha value is -0.940. The van der Waals surface area contributed by atoms with Crippen LogP contribution in [-0.4, -0.2) is 41.3 Å². The second-order valence-electron chi connectivity index (χ2n) is 6.76. The lowest BCUT2D eigenvalue weighted by Crippen LogP contribution is -2.40. The van der Waals surface area contributed by atoms with E-state index in [0.717, 1.165) is 31.4 Å². The molecular formula is C15H28N4O. The van der Waals surface area contributed by atoms with E-state index in [1.165, 1.54) is 25.7 Å². The van der Waals surface area contributed by atoms with Gasteiger partial charge in [0.25, 0.3) is 0 Å². The summed E-state index contributed by atoms with van der Waals surface area (Å²) in [4.78, 5) is 2.50. The minimum Gasteiger partial charge on any atom is -0.423 e. The topological polar surface area (TPSA) is 54.2 Å². The summed E-state index contributed by atoms with van der Waals surface area (Å²) in [6, 6.07) is 0.640. The average Bonchev–Trinajstić information content (AvgIpc) is 2.86. The highest BCUT2D eigenvalue weighted by Crippen LogP contribution is 2.24. The van der Waals surface area contributed by atoms with Crippen LogP contribution in [0.15, 0.2) is 4.42 Å². The Morgan fingerprint density at radius 3 is 2.75 bits per heavy atom. The van der Waals surface area contributed by atoms with Crippen molar-refractivity contribution >= 4 is 0 Å². The van der Waals surface area contributed by atoms with Gasteiger partial charge in [-0.15, -0.1) is 10.2 Å². The third-order valence-electron chi connectivity index (χ3n) is 3.92. The number of piperidine rings is 1. The van der Waals surface area contributed by atoms with E-state index >= 15 is 0 Å². The van der Waals surface area contributed by atoms with Crippen LogP contribution in [0.3, 0.4) is 0 Å². The minimum absolute atomic E-state index is 0.0708. The maximum atomic E-state index is 5.82. The fraction of sp³-hybridized carbons (Fsp3) is 0.867. The summed E-state index contributed by atoms with van der Waals surface area (Å²) < 4.78 is 5.82. The van der Waals surface area contributed by atoms with Crippen molar-refractivity contribution in [2.45, 2.75) is 64.5 Å². The molecular weight excluding hydrogens is 252 g/mol. The lowest BCUT2D eigenvalue weighted by Gasteiger charge is -2.34. The third kappa shape index (κ3) is 4.03. The Kier molecular flexibility index (Phi) is 5.16. The van der Waals surface area contributed by atoms with Gasteiger partial charge >= 0.3 is 0 Å². The van der Waals surface area contributed by atoms with Crippen LogP contribution in [0, 0.1) is 0 Å². The summed E-state index contributed by atoms with van der Waals surface area (Å²) in [6.45, 7) is 9.29. The molecule has 0 saturated carbocycles. The Morgan fingerprint density at radius 1 is 1.30 bits per heavy atom. The molecule has 1 unspecified atom stereocenters. The van der Waals surface area contributed by atoms with Crippen molar-refractivity contribution < 1.29 is 4.42 Å². The monoisotopic (exact) mass is 280 g/mol. The SMILES string of the molecule is CNCCC1CCCCN1Cc1nnc(C(C)(C)C)o1. The quantitative estimate of drug-likeness (QED) is 0.897. The zero-order chi connectivity index (χ0) is 14.6. The van der Waals surface area contributed by atoms with E-state index < -0.39 is 0 Å². The molecule has 1 fully saturated rings. The normalized spacial score (nSPS) is 21.3. The Labute approximate surface area is 122 Å². The molecule has 2 heterocycles. The fourth-order valence-electron chi connectivity index (χ4n) is 2.70. The molecule has 0 aliphatic carbocycles. The van der Waals surface area contributed by atoms with E-state index in [2.05, 4.69) is 41.2 Å². The van der Waals surface area contributed by atoms with Crippen molar-refractivity contribution in [2.24, 2.45) is 0 Å². The zero-order valence-corrected chi connectivity index (χ0v) is 13.3. The van der Waals surface area contributed by atoms with E-state index in [0.29, 0.717) is 6.04 Å². The number of hydrogen-bond acceptors (Lipinski definition) is 5. The van der Waals surface area contributed by atoms with Crippen LogP contribution < -0.4 is 5.32 Å². The van der Waals surface area contributed by atoms with Gasteiger partial charge in [0, 0.05) is 11.5 Å². The summed E-state index contributed by atoms with van der Waals surface area (Å²) in [5, 5.41) is 11.6. The number of aromatic nitrogens is 2. The lowest BCUT2D eigenvalue weighted by atomic mass is 9.97. The predicted molar refractivity (Wildman–Crippen MR) is 79.6 cm³/mol. The second kappa shape index (κ2) is 6.68. The van der Waals surface area contributed by atoms with Crippen LogP contribution in [0.1, 0.15) is 58.2 Å². The highest BCUT2D eigenvalue weighted by atomic mass is 16.4. The number of nitrogens with one attached hydrogen (secondary N) is 1. The molecule has 5 nitrogen and oxygen atoms in total. The number of likely N-dealkylation sites (tertiary alicyclic amines) is 1. The molecule has 114 valence electrons. The second-order valence-corrected chi connectivity index (χ2v) is 6.76. The number of nitrogens with zero attached hydrogens (tertiary/aromatic N) is 3. The molecule has 1 aromatic rings. The van der Waals surface area contributed by atoms with Gasteiger partial charge in [0.2, 0.25) is 11.8 Å². The molecule has 1 aromatic heterocycles. The van der Waals surface area contributed by atoms with E-state index in [1.54, 1.807) is 0 Å². The van der Waals surface area contributed by atoms with Crippen molar-refractivity contribution in [1.29, 1.82) is 0 Å². The van der Waals surface area contributed by atoms with Crippen molar-refractivity contribution in [1.82, 2.24) is 20.4 Å². The summed E-state index contributed by atoms with van der Waals surface area (Å²) in [6.07, 6.45) is 5.08. The largest absolute Gasteiger partial charge is 0.423 e. The molecule has 0 spiro atoms. The summed E-state index contributed by atoms with van der Waals surface area (Å²) >= 11 is 0. The van der Waals surface area contributed by atoms with Gasteiger partial charge in [0.1, 0.15) is 0 Å². The standard InChI is InChI=1S/C15H28N4O/c1-15(2,3)14-18-17-13(20-14)11-19-10-6-5-7-12(19)8-9-16-4/h12,16H,5-11H2,1-4H3. The first-order valence-electron chi connectivity index (χ1n) is 7.72. The van der Waals surface area contributed by atoms with Crippen LogP contribution in [0.2, 0.25) is 0 Å². The molecule has 0 radical (unpaired) electrons. The van der Waals surface area contributed by atoms with Gasteiger partial charge in [-0.2, -0.15) is 0 Å². The Bertz CT molecular complexity index is 410. The maximum absolute atomic E-state index is 5.82. The lowest BCUT2D eigenvalue weighted by molar-refractivity contribution is 0.119. The number of rotatable bonds is 5. The van der Waals surface area contributed by atoms with Gasteiger partial charge in [-0.1, -0.05) is 27.2 Å². The molecule has 1 aliphatic rings. The highest BCUT2D eigenvalue weighted by molar-refractivity contribution is 4.96. The maximum Gasteiger partial charge on any atom is 0.230 e. The first kappa shape index (κ1) is 15.4. The molecule has 1 aliphatic heterocycles. The third-order valence-corrected chi connectivity index (χ3v) is 3.92. The minimum atomic E-state index is -0.0708. The molecule has 5 heteroatoms. The van der Waals surface area contributed by atoms with Crippen LogP contribution in [0.5, 0.6) is 0 Å². The van der Waals surface area contributed by atoms with Crippen LogP contribution in [0.4, 0.5) is 0 Å². The van der Waals surface area contributed by atoms with Gasteiger partial charge < -0.3 is 9.73 Å². The van der Waals surface area contributed by atoms with E-state index in [-0.39, 0.29) is 5.41 Å². The summed E-state index contributed by atoms with van der Waals surface area (Å²) in [5.41, 5.74) is -0.0708. The van der Waals surface area contributed by atoms with E-state index in [9.17, 15) is 0 Å². The van der Waals surface area contributed by atoms with E-state index in [1.807, 2.05) is 7.05 Å². The van der Waals surface area contributed by atoms with Crippen molar-refractivity contribution in [3.05, 3.63) is 11.8 Å². The van der Waals surface area contributed by atoms with Gasteiger partial charge in [-0.3, -0.25) is 4.90 Å². The van der Waals surface area contributed by atoms with Gasteiger partial charge in [0.15, 0.2) is 0 Å². The van der Waals surface area contributed by atoms with Crippen molar-refractivity contribution in [3.63, 3.8) is 0 Å². The number of hydrogen-bond donors (Lipinski definition) is 1. The molecule has 2 rings (SSSR count). The fourth-order valence-corrected chi connectivity index (χ4v) is 2.70. The van der Waals surface area contributed by atoms with Crippen LogP contribution in [-0.2, 0) is 12.0 Å². The predicted octanol–water partition coefficient (Wildman–Crippen LogP) is 2.33. The Morgan fingerprint density at radius 2 is 2.10 bits per heavy atom. The van der Waals surface area contributed by atoms with Gasteiger partial charge in [0.05, 0.1) is 6.54 Å². The molecule has 1 saturated heterocycles. The van der Waals surface area contributed by atoms with Crippen LogP contribution >= 0.6 is 0 Å². The molecule has 1 N–H and O–H groups in total. The molecule has 0 amide bonds. The van der Waals surface area contributed by atoms with Gasteiger partial charge in [-0.05, 0) is 39.4 Å². The summed E-state index contributed by atoms with van der Waals surface area (Å²) in [5.74, 6) is 1.49. The highest BCUT2D eigenvalue weighted by Gasteiger charge is 2.26. The zero-order valence-electron chi connectivity index (χ0n) is 13.3. The first-order valence-corrected chi connectivity index (χ1v) is 7.72. The first-order chi connectivity index (χ1) is 9.50. The average molecular weight is 280 g/mol. The molecule has 0 bridgehead atoms. The summed E-state index contributed by atoms with van der Waals surface area (Å²) in [7, 11) is 2.01. The molecule has 0 aromatic carbocycles. The van der Waals surface area contributed by atoms with Crippen molar-refractivity contribution in [3.8, 4) is 0 Å².